The van der Waals surface area contributed by atoms with Crippen LogP contribution in [0.2, 0.25) is 0 Å². The van der Waals surface area contributed by atoms with Gasteiger partial charge in [0.2, 0.25) is 11.8 Å². The lowest BCUT2D eigenvalue weighted by molar-refractivity contribution is -0.123. The second-order valence-electron chi connectivity index (χ2n) is 9.14. The number of carbonyl (C=O) groups excluding carboxylic acids is 2. The van der Waals surface area contributed by atoms with Gasteiger partial charge in [0.05, 0.1) is 20.6 Å². The molecule has 0 saturated heterocycles. The highest BCUT2D eigenvalue weighted by atomic mass is 79.9. The number of methoxy groups -OCH3 is 2. The van der Waals surface area contributed by atoms with Gasteiger partial charge < -0.3 is 20.5 Å². The molecular formula is C27H34BrFN4O4. The first-order chi connectivity index (χ1) is 17.8. The van der Waals surface area contributed by atoms with Crippen LogP contribution in [-0.2, 0) is 22.6 Å². The standard InChI is InChI=1S/C27H34BrFN4O4/c1-36-20-10-9-19(21(28)15-20)14-25(34)33-27(30)32-23(12-17-6-4-3-5-7-17)26(35)31-16-18-8-11-22(29)24(13-18)37-2/h8-11,13,15,17,23H,3-7,12,14,16H2,1-2H3,(H,31,35)(H3,30,32,33,34). The van der Waals surface area contributed by atoms with Gasteiger partial charge in [-0.15, -0.1) is 0 Å². The second kappa shape index (κ2) is 14.0. The highest BCUT2D eigenvalue weighted by Crippen LogP contribution is 2.28. The lowest BCUT2D eigenvalue weighted by Gasteiger charge is -2.24. The summed E-state index contributed by atoms with van der Waals surface area (Å²) in [5.41, 5.74) is 7.52. The summed E-state index contributed by atoms with van der Waals surface area (Å²) < 4.78 is 24.7. The Hall–Kier alpha value is -3.14. The molecule has 2 aromatic rings. The van der Waals surface area contributed by atoms with E-state index in [-0.39, 0.29) is 36.5 Å². The van der Waals surface area contributed by atoms with Crippen molar-refractivity contribution in [3.8, 4) is 11.5 Å². The van der Waals surface area contributed by atoms with Crippen LogP contribution >= 0.6 is 15.9 Å². The molecule has 200 valence electrons. The number of guanidine groups is 1. The third kappa shape index (κ3) is 8.73. The number of hydrogen-bond acceptors (Lipinski definition) is 5. The van der Waals surface area contributed by atoms with Gasteiger partial charge in [-0.05, 0) is 47.7 Å². The van der Waals surface area contributed by atoms with Gasteiger partial charge in [-0.3, -0.25) is 14.9 Å². The summed E-state index contributed by atoms with van der Waals surface area (Å²) in [7, 11) is 2.96. The van der Waals surface area contributed by atoms with Crippen molar-refractivity contribution in [2.24, 2.45) is 16.6 Å². The normalized spacial score (nSPS) is 15.1. The van der Waals surface area contributed by atoms with Crippen molar-refractivity contribution in [1.29, 1.82) is 0 Å². The second-order valence-corrected chi connectivity index (χ2v) is 9.99. The van der Waals surface area contributed by atoms with E-state index in [9.17, 15) is 14.0 Å². The van der Waals surface area contributed by atoms with E-state index in [4.69, 9.17) is 15.2 Å². The molecule has 2 aromatic carbocycles. The fourth-order valence-corrected chi connectivity index (χ4v) is 4.93. The van der Waals surface area contributed by atoms with E-state index in [2.05, 4.69) is 31.6 Å². The van der Waals surface area contributed by atoms with Crippen molar-refractivity contribution in [3.05, 3.63) is 57.8 Å². The molecule has 1 aliphatic carbocycles. The van der Waals surface area contributed by atoms with Crippen LogP contribution in [0, 0.1) is 11.7 Å². The number of rotatable bonds is 10. The maximum atomic E-state index is 13.7. The molecule has 1 aliphatic rings. The summed E-state index contributed by atoms with van der Waals surface area (Å²) >= 11 is 3.44. The molecule has 0 spiro atoms. The van der Waals surface area contributed by atoms with Crippen molar-refractivity contribution < 1.29 is 23.5 Å². The van der Waals surface area contributed by atoms with E-state index < -0.39 is 11.9 Å². The summed E-state index contributed by atoms with van der Waals surface area (Å²) in [6, 6.07) is 9.02. The van der Waals surface area contributed by atoms with Gasteiger partial charge in [-0.2, -0.15) is 0 Å². The first kappa shape index (κ1) is 28.4. The van der Waals surface area contributed by atoms with Crippen molar-refractivity contribution in [2.45, 2.75) is 57.5 Å². The van der Waals surface area contributed by atoms with Crippen molar-refractivity contribution in [2.75, 3.05) is 14.2 Å². The summed E-state index contributed by atoms with van der Waals surface area (Å²) in [6.45, 7) is 0.184. The predicted molar refractivity (Wildman–Crippen MR) is 144 cm³/mol. The number of hydrogen-bond donors (Lipinski definition) is 3. The average Bonchev–Trinajstić information content (AvgIpc) is 2.89. The number of amides is 2. The molecular weight excluding hydrogens is 543 g/mol. The molecule has 1 unspecified atom stereocenters. The van der Waals surface area contributed by atoms with Gasteiger partial charge in [0, 0.05) is 11.0 Å². The minimum absolute atomic E-state index is 0.0761. The van der Waals surface area contributed by atoms with Crippen LogP contribution in [0.3, 0.4) is 0 Å². The molecule has 8 nitrogen and oxygen atoms in total. The number of halogens is 2. The van der Waals surface area contributed by atoms with Crippen LogP contribution < -0.4 is 25.8 Å². The van der Waals surface area contributed by atoms with Crippen LogP contribution in [0.4, 0.5) is 4.39 Å². The Bertz CT molecular complexity index is 1120. The van der Waals surface area contributed by atoms with Gasteiger partial charge in [-0.25, -0.2) is 9.38 Å². The minimum atomic E-state index is -0.751. The largest absolute Gasteiger partial charge is 0.497 e. The van der Waals surface area contributed by atoms with Gasteiger partial charge in [0.1, 0.15) is 11.8 Å². The zero-order valence-corrected chi connectivity index (χ0v) is 22.8. The zero-order valence-electron chi connectivity index (χ0n) is 21.2. The van der Waals surface area contributed by atoms with Crippen LogP contribution in [0.1, 0.15) is 49.7 Å². The topological polar surface area (TPSA) is 115 Å². The molecule has 4 N–H and O–H groups in total. The number of aliphatic imine (C=N–C) groups is 1. The van der Waals surface area contributed by atoms with E-state index in [1.165, 1.54) is 19.6 Å². The van der Waals surface area contributed by atoms with Gasteiger partial charge in [0.25, 0.3) is 0 Å². The third-order valence-electron chi connectivity index (χ3n) is 6.44. The number of nitrogens with one attached hydrogen (secondary N) is 2. The number of carbonyl (C=O) groups is 2. The summed E-state index contributed by atoms with van der Waals surface area (Å²) in [6.07, 6.45) is 6.13. The quantitative estimate of drug-likeness (QED) is 0.289. The lowest BCUT2D eigenvalue weighted by Crippen LogP contribution is -2.42. The fraction of sp³-hybridized carbons (Fsp3) is 0.444. The number of ether oxygens (including phenoxy) is 2. The Morgan fingerprint density at radius 3 is 2.57 bits per heavy atom. The Labute approximate surface area is 225 Å². The smallest absolute Gasteiger partial charge is 0.245 e. The molecule has 0 heterocycles. The minimum Gasteiger partial charge on any atom is -0.497 e. The molecule has 3 rings (SSSR count). The zero-order chi connectivity index (χ0) is 26.8. The summed E-state index contributed by atoms with van der Waals surface area (Å²) in [4.78, 5) is 30.1. The molecule has 10 heteroatoms. The molecule has 0 aromatic heterocycles. The Balaban J connectivity index is 1.66. The highest BCUT2D eigenvalue weighted by Gasteiger charge is 2.25. The first-order valence-corrected chi connectivity index (χ1v) is 13.1. The third-order valence-corrected chi connectivity index (χ3v) is 7.18. The number of benzene rings is 2. The molecule has 37 heavy (non-hydrogen) atoms. The van der Waals surface area contributed by atoms with E-state index in [1.54, 1.807) is 37.4 Å². The van der Waals surface area contributed by atoms with Crippen LogP contribution in [-0.4, -0.2) is 38.0 Å². The highest BCUT2D eigenvalue weighted by molar-refractivity contribution is 9.10. The fourth-order valence-electron chi connectivity index (χ4n) is 4.44. The van der Waals surface area contributed by atoms with E-state index in [0.717, 1.165) is 35.7 Å². The maximum Gasteiger partial charge on any atom is 0.245 e. The van der Waals surface area contributed by atoms with E-state index >= 15 is 0 Å². The number of nitrogens with zero attached hydrogens (tertiary/aromatic N) is 1. The van der Waals surface area contributed by atoms with Gasteiger partial charge in [0.15, 0.2) is 17.5 Å². The summed E-state index contributed by atoms with van der Waals surface area (Å²) in [5, 5.41) is 5.47. The molecule has 0 radical (unpaired) electrons. The average molecular weight is 577 g/mol. The van der Waals surface area contributed by atoms with E-state index in [1.807, 2.05) is 0 Å². The monoisotopic (exact) mass is 576 g/mol. The Morgan fingerprint density at radius 1 is 1.14 bits per heavy atom. The van der Waals surface area contributed by atoms with Crippen LogP contribution in [0.15, 0.2) is 45.9 Å². The van der Waals surface area contributed by atoms with Gasteiger partial charge >= 0.3 is 0 Å². The van der Waals surface area contributed by atoms with Gasteiger partial charge in [-0.1, -0.05) is 60.2 Å². The number of nitrogens with two attached hydrogens (primary N) is 1. The predicted octanol–water partition coefficient (Wildman–Crippen LogP) is 4.23. The molecule has 0 aliphatic heterocycles. The lowest BCUT2D eigenvalue weighted by atomic mass is 9.84. The SMILES string of the molecule is COc1ccc(CC(=O)NC(N)=NC(CC2CCCCC2)C(=O)NCc2ccc(F)c(OC)c2)c(Br)c1. The van der Waals surface area contributed by atoms with Crippen molar-refractivity contribution >= 4 is 33.7 Å². The molecule has 0 bridgehead atoms. The molecule has 2 amide bonds. The van der Waals surface area contributed by atoms with Crippen LogP contribution in [0.5, 0.6) is 11.5 Å². The Morgan fingerprint density at radius 2 is 1.89 bits per heavy atom. The first-order valence-electron chi connectivity index (χ1n) is 12.3. The molecule has 1 saturated carbocycles. The Kier molecular flexibility index (Phi) is 10.7. The van der Waals surface area contributed by atoms with E-state index in [0.29, 0.717) is 23.7 Å². The van der Waals surface area contributed by atoms with Crippen molar-refractivity contribution in [3.63, 3.8) is 0 Å². The summed E-state index contributed by atoms with van der Waals surface area (Å²) in [5.74, 6) is -0.0763. The van der Waals surface area contributed by atoms with Crippen molar-refractivity contribution in [1.82, 2.24) is 10.6 Å². The molecule has 1 atom stereocenters. The van der Waals surface area contributed by atoms with Crippen LogP contribution in [0.25, 0.3) is 0 Å². The maximum absolute atomic E-state index is 13.7. The molecule has 1 fully saturated rings.